The third-order valence-electron chi connectivity index (χ3n) is 5.24. The first kappa shape index (κ1) is 22.2. The van der Waals surface area contributed by atoms with Crippen LogP contribution in [0.2, 0.25) is 0 Å². The van der Waals surface area contributed by atoms with Gasteiger partial charge in [0.1, 0.15) is 11.8 Å². The van der Waals surface area contributed by atoms with Crippen molar-refractivity contribution in [2.24, 2.45) is 0 Å². The summed E-state index contributed by atoms with van der Waals surface area (Å²) in [6.07, 6.45) is 6.87. The van der Waals surface area contributed by atoms with Crippen LogP contribution < -0.4 is 10.6 Å². The topological polar surface area (TPSA) is 104 Å². The minimum Gasteiger partial charge on any atom is -0.340 e. The maximum Gasteiger partial charge on any atom is 0.255 e. The van der Waals surface area contributed by atoms with E-state index in [4.69, 9.17) is 0 Å². The lowest BCUT2D eigenvalue weighted by Gasteiger charge is -2.18. The Balaban J connectivity index is 1.63. The van der Waals surface area contributed by atoms with Crippen LogP contribution in [0.3, 0.4) is 0 Å². The van der Waals surface area contributed by atoms with Crippen LogP contribution in [0.4, 0.5) is 5.69 Å². The fourth-order valence-electron chi connectivity index (χ4n) is 3.41. The second kappa shape index (κ2) is 11.1. The third-order valence-corrected chi connectivity index (χ3v) is 5.24. The van der Waals surface area contributed by atoms with Gasteiger partial charge in [-0.2, -0.15) is 5.10 Å². The minimum absolute atomic E-state index is 0.249. The fraction of sp³-hybridized carbons (Fsp3) is 0.333. The number of hydrogen-bond acceptors (Lipinski definition) is 4. The van der Waals surface area contributed by atoms with Crippen LogP contribution >= 0.6 is 0 Å². The number of benzene rings is 2. The van der Waals surface area contributed by atoms with Crippen LogP contribution in [0, 0.1) is 0 Å². The highest BCUT2D eigenvalue weighted by molar-refractivity contribution is 6.01. The second-order valence-corrected chi connectivity index (χ2v) is 7.56. The predicted octanol–water partition coefficient (Wildman–Crippen LogP) is 4.23. The first-order valence-electron chi connectivity index (χ1n) is 10.7. The summed E-state index contributed by atoms with van der Waals surface area (Å²) in [5.74, 6) is -0.371. The van der Waals surface area contributed by atoms with E-state index < -0.39 is 6.04 Å². The molecule has 0 unspecified atom stereocenters. The zero-order chi connectivity index (χ0) is 22.1. The van der Waals surface area contributed by atoms with Gasteiger partial charge in [-0.15, -0.1) is 0 Å². The number of ketones is 1. The third kappa shape index (κ3) is 6.50. The molecule has 2 amide bonds. The number of amides is 2. The number of nitrogens with one attached hydrogen (secondary N) is 3. The van der Waals surface area contributed by atoms with Crippen molar-refractivity contribution in [1.82, 2.24) is 15.5 Å². The van der Waals surface area contributed by atoms with Crippen LogP contribution in [0.5, 0.6) is 0 Å². The van der Waals surface area contributed by atoms with Gasteiger partial charge in [0.25, 0.3) is 5.91 Å². The summed E-state index contributed by atoms with van der Waals surface area (Å²) >= 11 is 0. The van der Waals surface area contributed by atoms with Gasteiger partial charge in [-0.3, -0.25) is 19.5 Å². The lowest BCUT2D eigenvalue weighted by Crippen LogP contribution is -2.43. The molecule has 7 heteroatoms. The summed E-state index contributed by atoms with van der Waals surface area (Å²) in [6, 6.07) is 13.0. The molecule has 1 atom stereocenters. The number of Topliss-reactive ketones (excluding diaryl/α,β-unsaturated/α-hetero) is 1. The predicted molar refractivity (Wildman–Crippen MR) is 121 cm³/mol. The summed E-state index contributed by atoms with van der Waals surface area (Å²) in [7, 11) is 0. The number of hydrogen-bond donors (Lipinski definition) is 3. The minimum atomic E-state index is -0.684. The van der Waals surface area contributed by atoms with Crippen molar-refractivity contribution in [3.8, 4) is 0 Å². The molecule has 3 aromatic rings. The molecule has 3 N–H and O–H groups in total. The van der Waals surface area contributed by atoms with E-state index in [0.29, 0.717) is 30.5 Å². The molecule has 1 aromatic heterocycles. The lowest BCUT2D eigenvalue weighted by atomic mass is 10.0. The molecular formula is C24H28N4O3. The number of H-pyrrole nitrogens is 1. The Bertz CT molecular complexity index is 1030. The van der Waals surface area contributed by atoms with Crippen LogP contribution in [0.15, 0.2) is 54.9 Å². The van der Waals surface area contributed by atoms with Gasteiger partial charge in [0.15, 0.2) is 0 Å². The number of unbranched alkanes of at least 4 members (excludes halogenated alkanes) is 2. The second-order valence-electron chi connectivity index (χ2n) is 7.56. The Morgan fingerprint density at radius 2 is 1.84 bits per heavy atom. The summed E-state index contributed by atoms with van der Waals surface area (Å²) in [4.78, 5) is 36.9. The molecule has 0 bridgehead atoms. The summed E-state index contributed by atoms with van der Waals surface area (Å²) in [6.45, 7) is 1.86. The largest absolute Gasteiger partial charge is 0.340 e. The molecule has 0 aliphatic rings. The van der Waals surface area contributed by atoms with Crippen molar-refractivity contribution < 1.29 is 14.4 Å². The Morgan fingerprint density at radius 3 is 2.58 bits per heavy atom. The number of rotatable bonds is 11. The molecule has 2 aromatic carbocycles. The lowest BCUT2D eigenvalue weighted by molar-refractivity contribution is -0.119. The fourth-order valence-corrected chi connectivity index (χ4v) is 3.41. The van der Waals surface area contributed by atoms with E-state index in [1.807, 2.05) is 49.4 Å². The number of nitrogens with zero attached hydrogens (tertiary/aromatic N) is 1. The molecule has 162 valence electrons. The molecule has 0 radical (unpaired) electrons. The van der Waals surface area contributed by atoms with E-state index in [1.54, 1.807) is 0 Å². The molecular weight excluding hydrogens is 392 g/mol. The highest BCUT2D eigenvalue weighted by atomic mass is 16.2. The van der Waals surface area contributed by atoms with Gasteiger partial charge < -0.3 is 10.6 Å². The molecule has 31 heavy (non-hydrogen) atoms. The zero-order valence-corrected chi connectivity index (χ0v) is 17.7. The van der Waals surface area contributed by atoms with Gasteiger partial charge in [-0.05, 0) is 35.7 Å². The smallest absolute Gasteiger partial charge is 0.255 e. The number of anilines is 1. The number of aromatic nitrogens is 2. The molecule has 0 saturated carbocycles. The summed E-state index contributed by atoms with van der Waals surface area (Å²) in [5.41, 5.74) is 1.05. The highest BCUT2D eigenvalue weighted by Crippen LogP contribution is 2.19. The first-order valence-corrected chi connectivity index (χ1v) is 10.7. The van der Waals surface area contributed by atoms with Gasteiger partial charge in [-0.1, -0.05) is 50.1 Å². The normalized spacial score (nSPS) is 11.8. The molecule has 1 heterocycles. The van der Waals surface area contributed by atoms with E-state index in [2.05, 4.69) is 20.8 Å². The Labute approximate surface area is 181 Å². The van der Waals surface area contributed by atoms with E-state index >= 15 is 0 Å². The molecule has 3 rings (SSSR count). The van der Waals surface area contributed by atoms with Crippen molar-refractivity contribution in [2.45, 2.75) is 51.5 Å². The number of fused-ring (bicyclic) bond motifs is 1. The molecule has 0 spiro atoms. The van der Waals surface area contributed by atoms with Gasteiger partial charge in [0, 0.05) is 24.7 Å². The zero-order valence-electron chi connectivity index (χ0n) is 17.7. The quantitative estimate of drug-likeness (QED) is 0.404. The number of carbonyl (C=O) groups excluding carboxylic acids is 3. The average molecular weight is 421 g/mol. The van der Waals surface area contributed by atoms with Crippen LogP contribution in [-0.2, 0) is 9.59 Å². The molecule has 0 saturated heterocycles. The average Bonchev–Trinajstić information content (AvgIpc) is 3.32. The Kier molecular flexibility index (Phi) is 7.92. The Hall–Kier alpha value is -3.48. The van der Waals surface area contributed by atoms with Crippen LogP contribution in [0.25, 0.3) is 10.8 Å². The Morgan fingerprint density at radius 1 is 1.03 bits per heavy atom. The van der Waals surface area contributed by atoms with Crippen LogP contribution in [0.1, 0.15) is 55.8 Å². The van der Waals surface area contributed by atoms with Crippen molar-refractivity contribution in [1.29, 1.82) is 0 Å². The highest BCUT2D eigenvalue weighted by Gasteiger charge is 2.22. The van der Waals surface area contributed by atoms with E-state index in [9.17, 15) is 14.4 Å². The van der Waals surface area contributed by atoms with E-state index in [-0.39, 0.29) is 17.6 Å². The number of carbonyl (C=O) groups is 3. The van der Waals surface area contributed by atoms with Crippen LogP contribution in [-0.4, -0.2) is 33.8 Å². The molecule has 0 aliphatic heterocycles. The summed E-state index contributed by atoms with van der Waals surface area (Å²) < 4.78 is 0. The van der Waals surface area contributed by atoms with Gasteiger partial charge in [-0.25, -0.2) is 0 Å². The summed E-state index contributed by atoms with van der Waals surface area (Å²) in [5, 5.41) is 14.2. The van der Waals surface area contributed by atoms with E-state index in [0.717, 1.165) is 30.0 Å². The molecule has 0 fully saturated rings. The first-order chi connectivity index (χ1) is 15.1. The van der Waals surface area contributed by atoms with Crippen molar-refractivity contribution in [2.75, 3.05) is 5.32 Å². The van der Waals surface area contributed by atoms with Gasteiger partial charge in [0.2, 0.25) is 5.91 Å². The van der Waals surface area contributed by atoms with Gasteiger partial charge in [0.05, 0.1) is 11.8 Å². The standard InChI is InChI=1S/C24H28N4O3/c1-2-21(29)10-4-3-5-11-22(28-23(30)19-15-25-26-16-19)24(31)27-20-13-12-17-8-6-7-9-18(17)14-20/h6-9,12-16,22H,2-5,10-11H2,1H3,(H,25,26)(H,27,31)(H,28,30)/t22-/m0/s1. The monoisotopic (exact) mass is 420 g/mol. The van der Waals surface area contributed by atoms with Crippen molar-refractivity contribution >= 4 is 34.1 Å². The van der Waals surface area contributed by atoms with Crippen molar-refractivity contribution in [3.05, 3.63) is 60.4 Å². The van der Waals surface area contributed by atoms with E-state index in [1.165, 1.54) is 12.4 Å². The molecule has 0 aliphatic carbocycles. The SMILES string of the molecule is CCC(=O)CCCCC[C@H](NC(=O)c1cn[nH]c1)C(=O)Nc1ccc2ccccc2c1. The maximum absolute atomic E-state index is 13.0. The molecule has 7 nitrogen and oxygen atoms in total. The van der Waals surface area contributed by atoms with Gasteiger partial charge >= 0.3 is 0 Å². The van der Waals surface area contributed by atoms with Crippen molar-refractivity contribution in [3.63, 3.8) is 0 Å². The number of aromatic amines is 1. The maximum atomic E-state index is 13.0.